The van der Waals surface area contributed by atoms with Crippen molar-refractivity contribution in [1.29, 1.82) is 0 Å². The lowest BCUT2D eigenvalue weighted by Crippen LogP contribution is -2.43. The number of nitrogens with zero attached hydrogens (tertiary/aromatic N) is 1. The van der Waals surface area contributed by atoms with E-state index in [1.165, 1.54) is 12.1 Å². The highest BCUT2D eigenvalue weighted by Gasteiger charge is 2.33. The van der Waals surface area contributed by atoms with Crippen LogP contribution in [0.2, 0.25) is 0 Å². The third-order valence-electron chi connectivity index (χ3n) is 5.44. The molecule has 1 atom stereocenters. The van der Waals surface area contributed by atoms with Crippen molar-refractivity contribution in [3.63, 3.8) is 0 Å². The Bertz CT molecular complexity index is 1260. The fourth-order valence-corrected chi connectivity index (χ4v) is 3.91. The fraction of sp³-hybridized carbons (Fsp3) is 0.160. The van der Waals surface area contributed by atoms with Gasteiger partial charge in [-0.1, -0.05) is 42.5 Å². The zero-order valence-electron chi connectivity index (χ0n) is 18.6. The molecular formula is C25H23N3O6. The third-order valence-corrected chi connectivity index (χ3v) is 5.44. The summed E-state index contributed by atoms with van der Waals surface area (Å²) in [4.78, 5) is 23.7. The van der Waals surface area contributed by atoms with E-state index >= 15 is 0 Å². The Morgan fingerprint density at radius 2 is 1.76 bits per heavy atom. The number of hydrogen-bond donors (Lipinski definition) is 3. The summed E-state index contributed by atoms with van der Waals surface area (Å²) in [6, 6.07) is 18.1. The van der Waals surface area contributed by atoms with Crippen molar-refractivity contribution in [3.8, 4) is 17.2 Å². The first-order valence-electron chi connectivity index (χ1n) is 10.6. The molecule has 3 aromatic carbocycles. The van der Waals surface area contributed by atoms with E-state index in [1.807, 2.05) is 42.5 Å². The van der Waals surface area contributed by atoms with Crippen LogP contribution in [0.15, 0.2) is 66.7 Å². The van der Waals surface area contributed by atoms with Crippen molar-refractivity contribution in [2.45, 2.75) is 13.0 Å². The lowest BCUT2D eigenvalue weighted by Gasteiger charge is -2.31. The molecule has 34 heavy (non-hydrogen) atoms. The van der Waals surface area contributed by atoms with Gasteiger partial charge in [-0.2, -0.15) is 0 Å². The van der Waals surface area contributed by atoms with E-state index in [0.717, 1.165) is 11.1 Å². The van der Waals surface area contributed by atoms with Crippen LogP contribution in [-0.2, 0) is 0 Å². The van der Waals surface area contributed by atoms with Gasteiger partial charge in [-0.3, -0.25) is 10.1 Å². The van der Waals surface area contributed by atoms with E-state index in [2.05, 4.69) is 10.6 Å². The number of amides is 2. The predicted molar refractivity (Wildman–Crippen MR) is 127 cm³/mol. The van der Waals surface area contributed by atoms with Crippen LogP contribution < -0.4 is 20.1 Å². The molecule has 2 amide bonds. The molecule has 0 bridgehead atoms. The summed E-state index contributed by atoms with van der Waals surface area (Å²) in [5.74, 6) is 0.0674. The van der Waals surface area contributed by atoms with Gasteiger partial charge in [-0.15, -0.1) is 0 Å². The van der Waals surface area contributed by atoms with E-state index < -0.39 is 28.4 Å². The molecule has 1 unspecified atom stereocenters. The number of nitro benzene ring substituents is 1. The number of nitro groups is 1. The number of aromatic hydroxyl groups is 1. The monoisotopic (exact) mass is 461 g/mol. The van der Waals surface area contributed by atoms with Crippen LogP contribution in [-0.4, -0.2) is 29.8 Å². The Morgan fingerprint density at radius 1 is 1.06 bits per heavy atom. The second-order valence-corrected chi connectivity index (χ2v) is 7.49. The molecule has 0 aliphatic carbocycles. The summed E-state index contributed by atoms with van der Waals surface area (Å²) in [6.45, 7) is 1.91. The van der Waals surface area contributed by atoms with E-state index in [-0.39, 0.29) is 12.4 Å². The topological polar surface area (TPSA) is 123 Å². The molecule has 9 heteroatoms. The average molecular weight is 461 g/mol. The van der Waals surface area contributed by atoms with Gasteiger partial charge in [0.15, 0.2) is 5.75 Å². The van der Waals surface area contributed by atoms with Gasteiger partial charge in [0.1, 0.15) is 5.75 Å². The molecule has 1 aliphatic heterocycles. The van der Waals surface area contributed by atoms with Gasteiger partial charge >= 0.3 is 11.7 Å². The number of ether oxygens (including phenoxy) is 2. The molecule has 0 fully saturated rings. The van der Waals surface area contributed by atoms with Crippen molar-refractivity contribution in [2.75, 3.05) is 13.7 Å². The Hall–Kier alpha value is -4.53. The Morgan fingerprint density at radius 3 is 2.38 bits per heavy atom. The van der Waals surface area contributed by atoms with Gasteiger partial charge in [0.25, 0.3) is 0 Å². The quantitative estimate of drug-likeness (QED) is 0.348. The van der Waals surface area contributed by atoms with Crippen molar-refractivity contribution in [1.82, 2.24) is 10.6 Å². The number of rotatable bonds is 7. The SMILES string of the molecule is CCOc1cc(C2NC(=O)NC(c3ccccc3)=C2c2ccc(OC)cc2)cc([N+](=O)[O-])c1O. The number of hydrogen-bond acceptors (Lipinski definition) is 6. The number of phenolic OH excluding ortho intramolecular Hbond substituents is 1. The lowest BCUT2D eigenvalue weighted by atomic mass is 9.87. The highest BCUT2D eigenvalue weighted by Crippen LogP contribution is 2.44. The lowest BCUT2D eigenvalue weighted by molar-refractivity contribution is -0.386. The number of carbonyl (C=O) groups is 1. The summed E-state index contributed by atoms with van der Waals surface area (Å²) in [5.41, 5.74) is 2.67. The predicted octanol–water partition coefficient (Wildman–Crippen LogP) is 4.63. The molecule has 0 saturated carbocycles. The maximum absolute atomic E-state index is 12.7. The first kappa shape index (κ1) is 22.7. The molecular weight excluding hydrogens is 438 g/mol. The second kappa shape index (κ2) is 9.53. The second-order valence-electron chi connectivity index (χ2n) is 7.49. The van der Waals surface area contributed by atoms with Gasteiger partial charge < -0.3 is 25.2 Å². The molecule has 0 radical (unpaired) electrons. The van der Waals surface area contributed by atoms with Crippen molar-refractivity contribution in [3.05, 3.63) is 93.5 Å². The summed E-state index contributed by atoms with van der Waals surface area (Å²) in [7, 11) is 1.57. The van der Waals surface area contributed by atoms with Gasteiger partial charge in [-0.05, 0) is 41.8 Å². The minimum atomic E-state index is -0.768. The highest BCUT2D eigenvalue weighted by molar-refractivity contribution is 6.03. The van der Waals surface area contributed by atoms with Gasteiger partial charge in [0, 0.05) is 11.6 Å². The van der Waals surface area contributed by atoms with Crippen molar-refractivity contribution in [2.24, 2.45) is 0 Å². The first-order valence-corrected chi connectivity index (χ1v) is 10.6. The summed E-state index contributed by atoms with van der Waals surface area (Å²) >= 11 is 0. The van der Waals surface area contributed by atoms with Crippen LogP contribution in [0, 0.1) is 10.1 Å². The molecule has 1 aliphatic rings. The zero-order valence-corrected chi connectivity index (χ0v) is 18.6. The third kappa shape index (κ3) is 4.36. The fourth-order valence-electron chi connectivity index (χ4n) is 3.91. The van der Waals surface area contributed by atoms with E-state index in [0.29, 0.717) is 22.6 Å². The standard InChI is InChI=1S/C25H23N3O6/c1-3-34-20-14-17(13-19(24(20)29)28(31)32)23-21(15-9-11-18(33-2)12-10-15)22(26-25(30)27-23)16-7-5-4-6-8-16/h4-14,23,29H,3H2,1-2H3,(H2,26,27,30). The summed E-state index contributed by atoms with van der Waals surface area (Å²) in [6.07, 6.45) is 0. The molecule has 0 spiro atoms. The van der Waals surface area contributed by atoms with Crippen LogP contribution >= 0.6 is 0 Å². The maximum atomic E-state index is 12.7. The van der Waals surface area contributed by atoms with E-state index in [1.54, 1.807) is 26.2 Å². The Balaban J connectivity index is 1.98. The van der Waals surface area contributed by atoms with Gasteiger partial charge in [-0.25, -0.2) is 4.79 Å². The minimum absolute atomic E-state index is 0.0326. The number of urea groups is 1. The molecule has 0 saturated heterocycles. The Kier molecular flexibility index (Phi) is 6.35. The molecule has 9 nitrogen and oxygen atoms in total. The molecule has 3 N–H and O–H groups in total. The molecule has 4 rings (SSSR count). The van der Waals surface area contributed by atoms with Gasteiger partial charge in [0.05, 0.1) is 30.4 Å². The van der Waals surface area contributed by atoms with Crippen molar-refractivity contribution < 1.29 is 24.3 Å². The van der Waals surface area contributed by atoms with Crippen LogP contribution in [0.1, 0.15) is 29.7 Å². The van der Waals surface area contributed by atoms with Crippen LogP contribution in [0.3, 0.4) is 0 Å². The van der Waals surface area contributed by atoms with Crippen LogP contribution in [0.4, 0.5) is 10.5 Å². The van der Waals surface area contributed by atoms with E-state index in [4.69, 9.17) is 9.47 Å². The molecule has 174 valence electrons. The number of phenols is 1. The largest absolute Gasteiger partial charge is 0.500 e. The summed E-state index contributed by atoms with van der Waals surface area (Å²) < 4.78 is 10.7. The zero-order chi connectivity index (χ0) is 24.2. The first-order chi connectivity index (χ1) is 16.4. The molecule has 1 heterocycles. The maximum Gasteiger partial charge on any atom is 0.320 e. The van der Waals surface area contributed by atoms with E-state index in [9.17, 15) is 20.0 Å². The average Bonchev–Trinajstić information content (AvgIpc) is 2.85. The number of carbonyl (C=O) groups excluding carboxylic acids is 1. The Labute approximate surface area is 195 Å². The normalized spacial score (nSPS) is 15.4. The number of nitrogens with one attached hydrogen (secondary N) is 2. The summed E-state index contributed by atoms with van der Waals surface area (Å²) in [5, 5.41) is 27.7. The highest BCUT2D eigenvalue weighted by atomic mass is 16.6. The molecule has 3 aromatic rings. The molecule has 0 aromatic heterocycles. The van der Waals surface area contributed by atoms with Crippen LogP contribution in [0.5, 0.6) is 17.2 Å². The number of benzene rings is 3. The number of methoxy groups -OCH3 is 1. The van der Waals surface area contributed by atoms with Crippen LogP contribution in [0.25, 0.3) is 11.3 Å². The van der Waals surface area contributed by atoms with Gasteiger partial charge in [0.2, 0.25) is 5.75 Å². The van der Waals surface area contributed by atoms with Crippen molar-refractivity contribution >= 4 is 23.0 Å². The smallest absolute Gasteiger partial charge is 0.320 e. The minimum Gasteiger partial charge on any atom is -0.500 e.